The lowest BCUT2D eigenvalue weighted by Crippen LogP contribution is -2.24. The first kappa shape index (κ1) is 10.2. The average molecular weight is 225 g/mol. The van der Waals surface area contributed by atoms with Crippen molar-refractivity contribution in [1.29, 1.82) is 0 Å². The van der Waals surface area contributed by atoms with Gasteiger partial charge in [0.05, 0.1) is 5.69 Å². The molecule has 1 aromatic carbocycles. The maximum absolute atomic E-state index is 11.7. The van der Waals surface area contributed by atoms with Gasteiger partial charge >= 0.3 is 0 Å². The van der Waals surface area contributed by atoms with Gasteiger partial charge in [0, 0.05) is 11.8 Å². The van der Waals surface area contributed by atoms with E-state index in [2.05, 4.69) is 4.98 Å². The minimum Gasteiger partial charge on any atom is -0.359 e. The minimum absolute atomic E-state index is 0.000260. The molecule has 1 aliphatic rings. The smallest absolute Gasteiger partial charge is 0.190 e. The summed E-state index contributed by atoms with van der Waals surface area (Å²) in [6.45, 7) is 0.123. The van der Waals surface area contributed by atoms with Crippen molar-refractivity contribution in [2.75, 3.05) is 6.61 Å². The van der Waals surface area contributed by atoms with E-state index in [-0.39, 0.29) is 18.5 Å². The van der Waals surface area contributed by atoms with Crippen LogP contribution in [-0.4, -0.2) is 17.4 Å². The van der Waals surface area contributed by atoms with Crippen LogP contribution in [0.1, 0.15) is 27.7 Å². The van der Waals surface area contributed by atoms with Crippen molar-refractivity contribution in [3.8, 4) is 0 Å². The molecule has 1 aromatic heterocycles. The van der Waals surface area contributed by atoms with Crippen LogP contribution in [0, 0.1) is 0 Å². The van der Waals surface area contributed by atoms with Gasteiger partial charge in [0.1, 0.15) is 12.7 Å². The normalized spacial score (nSPS) is 18.8. The second-order valence-corrected chi connectivity index (χ2v) is 3.96. The number of hydrogen-bond acceptors (Lipinski definition) is 3. The van der Waals surface area contributed by atoms with E-state index in [0.29, 0.717) is 5.56 Å². The van der Waals surface area contributed by atoms with Crippen LogP contribution in [0.2, 0.25) is 0 Å². The van der Waals surface area contributed by atoms with Crippen molar-refractivity contribution < 1.29 is 9.53 Å². The third kappa shape index (κ3) is 1.74. The van der Waals surface area contributed by atoms with E-state index in [9.17, 15) is 4.79 Å². The maximum atomic E-state index is 11.7. The number of pyridine rings is 1. The Kier molecular flexibility index (Phi) is 2.46. The zero-order chi connectivity index (χ0) is 11.7. The van der Waals surface area contributed by atoms with Gasteiger partial charge in [-0.3, -0.25) is 9.78 Å². The summed E-state index contributed by atoms with van der Waals surface area (Å²) in [5, 5.41) is 0. The molecule has 3 nitrogen and oxygen atoms in total. The van der Waals surface area contributed by atoms with Crippen LogP contribution < -0.4 is 0 Å². The number of aromatic nitrogens is 1. The van der Waals surface area contributed by atoms with E-state index in [1.165, 1.54) is 0 Å². The molecule has 3 rings (SSSR count). The fourth-order valence-electron chi connectivity index (χ4n) is 2.06. The molecule has 1 atom stereocenters. The third-order valence-electron chi connectivity index (χ3n) is 2.87. The number of carbonyl (C=O) groups is 1. The van der Waals surface area contributed by atoms with Crippen molar-refractivity contribution in [2.45, 2.75) is 6.10 Å². The lowest BCUT2D eigenvalue weighted by molar-refractivity contribution is 0.0494. The molecule has 17 heavy (non-hydrogen) atoms. The predicted octanol–water partition coefficient (Wildman–Crippen LogP) is 2.38. The van der Waals surface area contributed by atoms with Gasteiger partial charge in [-0.25, -0.2) is 0 Å². The van der Waals surface area contributed by atoms with Gasteiger partial charge in [-0.05, 0) is 17.7 Å². The number of benzene rings is 1. The van der Waals surface area contributed by atoms with E-state index in [0.717, 1.165) is 11.3 Å². The molecule has 0 radical (unpaired) electrons. The van der Waals surface area contributed by atoms with E-state index in [1.807, 2.05) is 36.4 Å². The Balaban J connectivity index is 2.10. The van der Waals surface area contributed by atoms with Crippen molar-refractivity contribution in [3.05, 3.63) is 65.5 Å². The summed E-state index contributed by atoms with van der Waals surface area (Å²) in [5.41, 5.74) is 2.42. The highest BCUT2D eigenvalue weighted by Crippen LogP contribution is 2.30. The molecule has 2 heterocycles. The highest BCUT2D eigenvalue weighted by atomic mass is 16.5. The summed E-state index contributed by atoms with van der Waals surface area (Å²) in [7, 11) is 0. The Morgan fingerprint density at radius 1 is 1.12 bits per heavy atom. The maximum Gasteiger partial charge on any atom is 0.190 e. The van der Waals surface area contributed by atoms with E-state index >= 15 is 0 Å². The lowest BCUT2D eigenvalue weighted by Gasteiger charge is -2.24. The second-order valence-electron chi connectivity index (χ2n) is 3.96. The van der Waals surface area contributed by atoms with Gasteiger partial charge in [-0.15, -0.1) is 0 Å². The Bertz CT molecular complexity index is 551. The molecule has 0 fully saturated rings. The quantitative estimate of drug-likeness (QED) is 0.748. The van der Waals surface area contributed by atoms with Gasteiger partial charge in [0.25, 0.3) is 0 Å². The van der Waals surface area contributed by atoms with Crippen LogP contribution in [0.25, 0.3) is 0 Å². The fourth-order valence-corrected chi connectivity index (χ4v) is 2.06. The van der Waals surface area contributed by atoms with Gasteiger partial charge in [0.2, 0.25) is 0 Å². The SMILES string of the molecule is O=C1COC(c2ccccc2)c2ncccc21. The number of fused-ring (bicyclic) bond motifs is 1. The van der Waals surface area contributed by atoms with Crippen molar-refractivity contribution in [2.24, 2.45) is 0 Å². The fraction of sp³-hybridized carbons (Fsp3) is 0.143. The lowest BCUT2D eigenvalue weighted by atomic mass is 9.97. The van der Waals surface area contributed by atoms with Gasteiger partial charge < -0.3 is 4.74 Å². The average Bonchev–Trinajstić information content (AvgIpc) is 2.41. The molecule has 0 N–H and O–H groups in total. The topological polar surface area (TPSA) is 39.2 Å². The van der Waals surface area contributed by atoms with Gasteiger partial charge in [0.15, 0.2) is 5.78 Å². The number of hydrogen-bond donors (Lipinski definition) is 0. The van der Waals surface area contributed by atoms with Gasteiger partial charge in [-0.1, -0.05) is 30.3 Å². The van der Waals surface area contributed by atoms with E-state index in [1.54, 1.807) is 12.3 Å². The van der Waals surface area contributed by atoms with Crippen LogP contribution in [-0.2, 0) is 4.74 Å². The standard InChI is InChI=1S/C14H11NO2/c16-12-9-17-14(10-5-2-1-3-6-10)13-11(12)7-4-8-15-13/h1-8,14H,9H2. The molecule has 0 spiro atoms. The summed E-state index contributed by atoms with van der Waals surface area (Å²) in [6, 6.07) is 13.4. The molecule has 3 heteroatoms. The highest BCUT2D eigenvalue weighted by Gasteiger charge is 2.28. The Morgan fingerprint density at radius 2 is 1.94 bits per heavy atom. The number of ether oxygens (including phenoxy) is 1. The van der Waals surface area contributed by atoms with Crippen LogP contribution >= 0.6 is 0 Å². The zero-order valence-corrected chi connectivity index (χ0v) is 9.17. The molecule has 1 aliphatic heterocycles. The zero-order valence-electron chi connectivity index (χ0n) is 9.17. The summed E-state index contributed by atoms with van der Waals surface area (Å²) >= 11 is 0. The second kappa shape index (κ2) is 4.11. The number of Topliss-reactive ketones (excluding diaryl/α,β-unsaturated/α-hetero) is 1. The van der Waals surface area contributed by atoms with Crippen LogP contribution in [0.4, 0.5) is 0 Å². The molecular weight excluding hydrogens is 214 g/mol. The number of rotatable bonds is 1. The van der Waals surface area contributed by atoms with Crippen LogP contribution in [0.3, 0.4) is 0 Å². The molecule has 0 saturated carbocycles. The minimum atomic E-state index is -0.231. The summed E-state index contributed by atoms with van der Waals surface area (Å²) in [5.74, 6) is 0.000260. The molecular formula is C14H11NO2. The molecule has 0 bridgehead atoms. The molecule has 0 saturated heterocycles. The predicted molar refractivity (Wildman–Crippen MR) is 62.8 cm³/mol. The first-order chi connectivity index (χ1) is 8.36. The Hall–Kier alpha value is -2.00. The largest absolute Gasteiger partial charge is 0.359 e. The van der Waals surface area contributed by atoms with Crippen LogP contribution in [0.15, 0.2) is 48.7 Å². The summed E-state index contributed by atoms with van der Waals surface area (Å²) in [6.07, 6.45) is 1.46. The highest BCUT2D eigenvalue weighted by molar-refractivity contribution is 5.99. The Morgan fingerprint density at radius 3 is 2.76 bits per heavy atom. The van der Waals surface area contributed by atoms with Crippen molar-refractivity contribution >= 4 is 5.78 Å². The van der Waals surface area contributed by atoms with Crippen molar-refractivity contribution in [1.82, 2.24) is 4.98 Å². The van der Waals surface area contributed by atoms with Crippen molar-refractivity contribution in [3.63, 3.8) is 0 Å². The molecule has 0 aliphatic carbocycles. The monoisotopic (exact) mass is 225 g/mol. The van der Waals surface area contributed by atoms with Crippen LogP contribution in [0.5, 0.6) is 0 Å². The number of ketones is 1. The van der Waals surface area contributed by atoms with Gasteiger partial charge in [-0.2, -0.15) is 0 Å². The van der Waals surface area contributed by atoms with E-state index in [4.69, 9.17) is 4.74 Å². The first-order valence-corrected chi connectivity index (χ1v) is 5.51. The molecule has 0 amide bonds. The number of nitrogens with zero attached hydrogens (tertiary/aromatic N) is 1. The first-order valence-electron chi connectivity index (χ1n) is 5.51. The third-order valence-corrected chi connectivity index (χ3v) is 2.87. The summed E-state index contributed by atoms with van der Waals surface area (Å²) in [4.78, 5) is 16.0. The molecule has 2 aromatic rings. The Labute approximate surface area is 99.1 Å². The molecule has 1 unspecified atom stereocenters. The summed E-state index contributed by atoms with van der Waals surface area (Å²) < 4.78 is 5.59. The van der Waals surface area contributed by atoms with E-state index < -0.39 is 0 Å². The molecule has 84 valence electrons. The number of carbonyl (C=O) groups excluding carboxylic acids is 1.